The number of hydrogen-bond acceptors (Lipinski definition) is 2. The van der Waals surface area contributed by atoms with Gasteiger partial charge in [-0.05, 0) is 0 Å². The normalized spacial score (nSPS) is 4.11. The number of hydrogen-bond donors (Lipinski definition) is 2. The number of carboxylic acids is 1. The molecule has 0 atom stereocenters. The predicted molar refractivity (Wildman–Crippen MR) is 19.2 cm³/mol. The molecule has 7 heteroatoms. The Morgan fingerprint density at radius 2 is 1.33 bits per heavy atom. The van der Waals surface area contributed by atoms with Crippen molar-refractivity contribution in [1.29, 1.82) is 0 Å². The Morgan fingerprint density at radius 3 is 1.33 bits per heavy atom. The molecule has 0 unspecified atom stereocenters. The summed E-state index contributed by atoms with van der Waals surface area (Å²) in [5, 5.41) is 15.0. The van der Waals surface area contributed by atoms with Gasteiger partial charge in [0.05, 0.1) is 0 Å². The van der Waals surface area contributed by atoms with Crippen LogP contribution in [0.3, 0.4) is 0 Å². The molecule has 0 spiro atoms. The van der Waals surface area contributed by atoms with Gasteiger partial charge in [0, 0.05) is 0 Å². The fraction of sp³-hybridized carbons (Fsp3) is 0.500. The maximum Gasteiger partial charge on any atom is 1.00 e. The first-order chi connectivity index (χ1) is 2.27. The summed E-state index contributed by atoms with van der Waals surface area (Å²) in [6.45, 7) is -0.778. The van der Waals surface area contributed by atoms with Crippen LogP contribution in [-0.2, 0) is 4.79 Å². The molecule has 3 nitrogen and oxygen atoms in total. The first-order valence-electron chi connectivity index (χ1n) is 1.10. The molecule has 38 valence electrons. The fourth-order valence-corrected chi connectivity index (χ4v) is 0. The first kappa shape index (κ1) is 29.4. The Morgan fingerprint density at radius 1 is 1.22 bits per heavy atom. The van der Waals surface area contributed by atoms with Crippen molar-refractivity contribution in [2.45, 2.75) is 0 Å². The predicted octanol–water partition coefficient (Wildman–Crippen LogP) is -12.5. The zero-order chi connectivity index (χ0) is 4.28. The molecule has 9 heavy (non-hydrogen) atoms. The van der Waals surface area contributed by atoms with Gasteiger partial charge in [0.2, 0.25) is 0 Å². The second-order valence-corrected chi connectivity index (χ2v) is 0.552. The van der Waals surface area contributed by atoms with Crippen molar-refractivity contribution in [1.82, 2.24) is 0 Å². The third-order valence-corrected chi connectivity index (χ3v) is 0.135. The molecule has 0 amide bonds. The summed E-state index contributed by atoms with van der Waals surface area (Å²) in [6, 6.07) is 0. The van der Waals surface area contributed by atoms with Gasteiger partial charge >= 0.3 is 124 Å². The molecule has 0 bridgehead atoms. The summed E-state index contributed by atoms with van der Waals surface area (Å²) in [6.07, 6.45) is 0. The Labute approximate surface area is 148 Å². The van der Waals surface area contributed by atoms with Crippen LogP contribution >= 0.6 is 0 Å². The zero-order valence-electron chi connectivity index (χ0n) is 10.5. The van der Waals surface area contributed by atoms with Crippen LogP contribution in [-0.4, -0.2) is 22.8 Å². The van der Waals surface area contributed by atoms with Crippen molar-refractivity contribution < 1.29 is 139 Å². The molecule has 0 aliphatic carbocycles. The van der Waals surface area contributed by atoms with Gasteiger partial charge in [0.15, 0.2) is 0 Å². The van der Waals surface area contributed by atoms with E-state index in [-0.39, 0.29) is 124 Å². The SMILES string of the molecule is O=C(O)CO.[H-].[H-].[H-].[H-].[Na+].[Na+].[Na+].[Na+]. The van der Waals surface area contributed by atoms with E-state index in [9.17, 15) is 0 Å². The van der Waals surface area contributed by atoms with E-state index in [2.05, 4.69) is 0 Å². The third kappa shape index (κ3) is 34.5. The molecule has 0 aromatic rings. The molecule has 0 radical (unpaired) electrons. The molecule has 2 N–H and O–H groups in total. The van der Waals surface area contributed by atoms with Crippen LogP contribution in [0.1, 0.15) is 5.71 Å². The van der Waals surface area contributed by atoms with Gasteiger partial charge in [-0.25, -0.2) is 4.79 Å². The standard InChI is InChI=1S/C2H4O3.4Na.4H/c3-1-2(4)5;;;;;;;;/h3H,1H2,(H,4,5);;;;;;;;/q;4*+1;4*-1. The number of aliphatic hydroxyl groups excluding tert-OH is 1. The minimum Gasteiger partial charge on any atom is -1.00 e. The monoisotopic (exact) mass is 172 g/mol. The fourth-order valence-electron chi connectivity index (χ4n) is 0. The first-order valence-corrected chi connectivity index (χ1v) is 1.10. The summed E-state index contributed by atoms with van der Waals surface area (Å²) in [5.74, 6) is -1.19. The molecule has 0 fully saturated rings. The Bertz CT molecular complexity index is 60.7. The van der Waals surface area contributed by atoms with Crippen LogP contribution in [0.2, 0.25) is 0 Å². The number of aliphatic hydroxyl groups is 1. The minimum atomic E-state index is -1.19. The largest absolute Gasteiger partial charge is 1.00 e. The Balaban J connectivity index is -0.00000000286. The van der Waals surface area contributed by atoms with Gasteiger partial charge in [-0.1, -0.05) is 0 Å². The van der Waals surface area contributed by atoms with Gasteiger partial charge in [-0.2, -0.15) is 0 Å². The van der Waals surface area contributed by atoms with Crippen LogP contribution in [0.5, 0.6) is 0 Å². The number of aliphatic carboxylic acids is 1. The van der Waals surface area contributed by atoms with Crippen molar-refractivity contribution in [3.63, 3.8) is 0 Å². The summed E-state index contributed by atoms with van der Waals surface area (Å²) in [5.41, 5.74) is 0. The van der Waals surface area contributed by atoms with Crippen molar-refractivity contribution in [2.24, 2.45) is 0 Å². The zero-order valence-corrected chi connectivity index (χ0v) is 14.5. The van der Waals surface area contributed by atoms with Crippen molar-refractivity contribution in [3.8, 4) is 0 Å². The maximum atomic E-state index is 9.12. The molecule has 0 aromatic heterocycles. The van der Waals surface area contributed by atoms with Gasteiger partial charge < -0.3 is 15.9 Å². The average Bonchev–Trinajstić information content (AvgIpc) is 1.38. The van der Waals surface area contributed by atoms with Gasteiger partial charge in [-0.15, -0.1) is 0 Å². The van der Waals surface area contributed by atoms with E-state index in [1.807, 2.05) is 0 Å². The quantitative estimate of drug-likeness (QED) is 0.386. The van der Waals surface area contributed by atoms with Crippen molar-refractivity contribution in [3.05, 3.63) is 0 Å². The number of carbonyl (C=O) groups is 1. The number of carboxylic acid groups (broad SMARTS) is 1. The van der Waals surface area contributed by atoms with Gasteiger partial charge in [0.25, 0.3) is 0 Å². The summed E-state index contributed by atoms with van der Waals surface area (Å²) in [4.78, 5) is 9.12. The Hall–Kier alpha value is 3.43. The van der Waals surface area contributed by atoms with E-state index >= 15 is 0 Å². The summed E-state index contributed by atoms with van der Waals surface area (Å²) in [7, 11) is 0. The van der Waals surface area contributed by atoms with E-state index in [1.54, 1.807) is 0 Å². The van der Waals surface area contributed by atoms with E-state index < -0.39 is 12.6 Å². The van der Waals surface area contributed by atoms with Crippen molar-refractivity contribution >= 4 is 5.97 Å². The topological polar surface area (TPSA) is 57.5 Å². The van der Waals surface area contributed by atoms with Crippen LogP contribution in [0.25, 0.3) is 0 Å². The molecule has 0 heterocycles. The van der Waals surface area contributed by atoms with Crippen LogP contribution in [0, 0.1) is 0 Å². The summed E-state index contributed by atoms with van der Waals surface area (Å²) < 4.78 is 0. The molecular formula is C2H8Na4O3. The molecule has 0 aromatic carbocycles. The summed E-state index contributed by atoms with van der Waals surface area (Å²) >= 11 is 0. The van der Waals surface area contributed by atoms with Crippen LogP contribution in [0.15, 0.2) is 0 Å². The minimum absolute atomic E-state index is 0. The Kier molecular flexibility index (Phi) is 73.6. The van der Waals surface area contributed by atoms with Crippen LogP contribution < -0.4 is 118 Å². The second kappa shape index (κ2) is 22.5. The van der Waals surface area contributed by atoms with E-state index in [4.69, 9.17) is 15.0 Å². The van der Waals surface area contributed by atoms with E-state index in [0.717, 1.165) is 0 Å². The maximum absolute atomic E-state index is 9.12. The van der Waals surface area contributed by atoms with E-state index in [0.29, 0.717) is 0 Å². The molecule has 0 saturated heterocycles. The molecule has 0 rings (SSSR count). The molecular weight excluding hydrogens is 164 g/mol. The van der Waals surface area contributed by atoms with Gasteiger partial charge in [-0.3, -0.25) is 0 Å². The van der Waals surface area contributed by atoms with Crippen LogP contribution in [0.4, 0.5) is 0 Å². The van der Waals surface area contributed by atoms with Crippen molar-refractivity contribution in [2.75, 3.05) is 6.61 Å². The molecule has 0 aliphatic heterocycles. The molecule has 0 aliphatic rings. The second-order valence-electron chi connectivity index (χ2n) is 0.552. The number of rotatable bonds is 1. The average molecular weight is 172 g/mol. The smallest absolute Gasteiger partial charge is 1.00 e. The third-order valence-electron chi connectivity index (χ3n) is 0.135. The van der Waals surface area contributed by atoms with E-state index in [1.165, 1.54) is 0 Å². The molecule has 0 saturated carbocycles. The van der Waals surface area contributed by atoms with Gasteiger partial charge in [0.1, 0.15) is 6.61 Å².